The number of nitrogens with zero attached hydrogens (tertiary/aromatic N) is 6. The van der Waals surface area contributed by atoms with Gasteiger partial charge in [0.25, 0.3) is 11.7 Å². The highest BCUT2D eigenvalue weighted by Gasteiger charge is 2.34. The summed E-state index contributed by atoms with van der Waals surface area (Å²) < 4.78 is 1.37. The number of rotatable bonds is 4. The molecule has 25 heavy (non-hydrogen) atoms. The number of aromatic nitrogens is 3. The summed E-state index contributed by atoms with van der Waals surface area (Å²) in [5.41, 5.74) is 0.915. The molecule has 124 valence electrons. The van der Waals surface area contributed by atoms with E-state index in [9.17, 15) is 4.79 Å². The third-order valence-corrected chi connectivity index (χ3v) is 5.67. The molecule has 0 spiro atoms. The van der Waals surface area contributed by atoms with Crippen LogP contribution in [-0.2, 0) is 11.3 Å². The van der Waals surface area contributed by atoms with Crippen LogP contribution in [0.4, 0.5) is 0 Å². The van der Waals surface area contributed by atoms with Crippen LogP contribution >= 0.6 is 22.7 Å². The van der Waals surface area contributed by atoms with E-state index in [2.05, 4.69) is 15.2 Å². The Bertz CT molecular complexity index is 951. The van der Waals surface area contributed by atoms with Gasteiger partial charge in [0.2, 0.25) is 0 Å². The fourth-order valence-electron chi connectivity index (χ4n) is 2.67. The highest BCUT2D eigenvalue weighted by Crippen LogP contribution is 2.35. The predicted octanol–water partition coefficient (Wildman–Crippen LogP) is 2.65. The van der Waals surface area contributed by atoms with Crippen LogP contribution in [0.25, 0.3) is 0 Å². The third-order valence-electron chi connectivity index (χ3n) is 3.78. The van der Waals surface area contributed by atoms with Gasteiger partial charge in [-0.15, -0.1) is 27.8 Å². The van der Waals surface area contributed by atoms with Gasteiger partial charge in [-0.25, -0.2) is 14.7 Å². The highest BCUT2D eigenvalue weighted by atomic mass is 32.1. The molecule has 7 nitrogen and oxygen atoms in total. The summed E-state index contributed by atoms with van der Waals surface area (Å²) in [4.78, 5) is 18.8. The van der Waals surface area contributed by atoms with Crippen LogP contribution < -0.4 is 0 Å². The second-order valence-corrected chi connectivity index (χ2v) is 7.30. The van der Waals surface area contributed by atoms with Crippen molar-refractivity contribution in [2.45, 2.75) is 19.0 Å². The van der Waals surface area contributed by atoms with Gasteiger partial charge in [0, 0.05) is 11.3 Å². The number of amides is 1. The maximum atomic E-state index is 12.8. The topological polar surface area (TPSA) is 87.2 Å². The molecule has 0 radical (unpaired) electrons. The van der Waals surface area contributed by atoms with Gasteiger partial charge >= 0.3 is 0 Å². The summed E-state index contributed by atoms with van der Waals surface area (Å²) in [5.74, 6) is -0.133. The molecule has 0 N–H and O–H groups in total. The molecule has 1 amide bonds. The average molecular weight is 368 g/mol. The van der Waals surface area contributed by atoms with E-state index in [0.29, 0.717) is 6.42 Å². The molecule has 0 aliphatic carbocycles. The minimum atomic E-state index is -0.181. The lowest BCUT2D eigenvalue weighted by molar-refractivity contribution is -0.133. The number of nitriles is 1. The Kier molecular flexibility index (Phi) is 4.13. The fraction of sp³-hybridized carbons (Fsp3) is 0.188. The van der Waals surface area contributed by atoms with E-state index in [1.807, 2.05) is 41.1 Å². The minimum absolute atomic E-state index is 0.00221. The largest absolute Gasteiger partial charge is 0.271 e. The normalized spacial score (nSPS) is 16.7. The van der Waals surface area contributed by atoms with Gasteiger partial charge in [-0.05, 0) is 22.9 Å². The van der Waals surface area contributed by atoms with Crippen molar-refractivity contribution in [2.75, 3.05) is 0 Å². The molecule has 4 heterocycles. The van der Waals surface area contributed by atoms with Gasteiger partial charge in [-0.2, -0.15) is 10.4 Å². The summed E-state index contributed by atoms with van der Waals surface area (Å²) in [6, 6.07) is 9.73. The zero-order valence-corrected chi connectivity index (χ0v) is 14.6. The Labute approximate surface area is 151 Å². The quantitative estimate of drug-likeness (QED) is 0.708. The maximum Gasteiger partial charge on any atom is 0.265 e. The maximum absolute atomic E-state index is 12.8. The summed E-state index contributed by atoms with van der Waals surface area (Å²) in [7, 11) is 0. The zero-order chi connectivity index (χ0) is 17.2. The van der Waals surface area contributed by atoms with Gasteiger partial charge in [0.15, 0.2) is 0 Å². The molecule has 0 saturated heterocycles. The lowest BCUT2D eigenvalue weighted by Gasteiger charge is -2.20. The third kappa shape index (κ3) is 3.09. The van der Waals surface area contributed by atoms with Gasteiger partial charge in [-0.1, -0.05) is 12.1 Å². The molecule has 0 bridgehead atoms. The van der Waals surface area contributed by atoms with Crippen LogP contribution in [0.2, 0.25) is 0 Å². The van der Waals surface area contributed by atoms with Crippen LogP contribution in [0, 0.1) is 11.3 Å². The molecule has 3 aromatic heterocycles. The number of hydrazone groups is 1. The molecule has 3 aromatic rings. The number of carbonyl (C=O) groups is 1. The molecule has 4 rings (SSSR count). The lowest BCUT2D eigenvalue weighted by atomic mass is 10.1. The molecule has 9 heteroatoms. The average Bonchev–Trinajstić information content (AvgIpc) is 3.40. The summed E-state index contributed by atoms with van der Waals surface area (Å²) >= 11 is 3.23. The van der Waals surface area contributed by atoms with Crippen molar-refractivity contribution in [3.63, 3.8) is 0 Å². The van der Waals surface area contributed by atoms with Crippen molar-refractivity contribution in [1.29, 1.82) is 5.26 Å². The van der Waals surface area contributed by atoms with Crippen molar-refractivity contribution < 1.29 is 4.79 Å². The molecule has 1 aliphatic rings. The molecular weight excluding hydrogens is 356 g/mol. The van der Waals surface area contributed by atoms with Gasteiger partial charge in [-0.3, -0.25) is 4.79 Å². The van der Waals surface area contributed by atoms with Gasteiger partial charge in [0.1, 0.15) is 18.9 Å². The molecule has 0 saturated carbocycles. The van der Waals surface area contributed by atoms with Crippen molar-refractivity contribution in [2.24, 2.45) is 5.10 Å². The van der Waals surface area contributed by atoms with Crippen LogP contribution in [-0.4, -0.2) is 31.4 Å². The Balaban J connectivity index is 1.61. The standard InChI is InChI=1S/C16H12N6OS2/c17-8-15-18-10-21(20-15)9-16(23)22-12(14-4-2-6-25-14)7-11(19-22)13-3-1-5-24-13/h1-6,10,12H,7,9H2. The van der Waals surface area contributed by atoms with Crippen molar-refractivity contribution in [1.82, 2.24) is 19.8 Å². The van der Waals surface area contributed by atoms with Gasteiger partial charge in [0.05, 0.1) is 16.6 Å². The van der Waals surface area contributed by atoms with Crippen LogP contribution in [0.15, 0.2) is 46.5 Å². The monoisotopic (exact) mass is 368 g/mol. The first-order chi connectivity index (χ1) is 12.2. The summed E-state index contributed by atoms with van der Waals surface area (Å²) in [5, 5.41) is 22.9. The molecule has 1 unspecified atom stereocenters. The number of hydrogen-bond acceptors (Lipinski definition) is 7. The molecular formula is C16H12N6OS2. The van der Waals surface area contributed by atoms with Crippen LogP contribution in [0.5, 0.6) is 0 Å². The molecule has 1 aliphatic heterocycles. The SMILES string of the molecule is N#Cc1ncn(CC(=O)N2N=C(c3cccs3)CC2c2cccs2)n1. The smallest absolute Gasteiger partial charge is 0.265 e. The zero-order valence-electron chi connectivity index (χ0n) is 12.9. The molecule has 0 fully saturated rings. The van der Waals surface area contributed by atoms with E-state index in [1.54, 1.807) is 22.7 Å². The predicted molar refractivity (Wildman–Crippen MR) is 94.1 cm³/mol. The molecule has 0 aromatic carbocycles. The van der Waals surface area contributed by atoms with Crippen molar-refractivity contribution in [3.8, 4) is 6.07 Å². The van der Waals surface area contributed by atoms with E-state index in [0.717, 1.165) is 15.5 Å². The summed E-state index contributed by atoms with van der Waals surface area (Å²) in [6.07, 6.45) is 2.07. The summed E-state index contributed by atoms with van der Waals surface area (Å²) in [6.45, 7) is -0.00221. The van der Waals surface area contributed by atoms with Crippen molar-refractivity contribution >= 4 is 34.3 Å². The Morgan fingerprint density at radius 1 is 1.32 bits per heavy atom. The molecule has 1 atom stereocenters. The second-order valence-electron chi connectivity index (χ2n) is 5.38. The Morgan fingerprint density at radius 3 is 2.84 bits per heavy atom. The van der Waals surface area contributed by atoms with Crippen molar-refractivity contribution in [3.05, 3.63) is 56.9 Å². The van der Waals surface area contributed by atoms with E-state index in [1.165, 1.54) is 16.0 Å². The van der Waals surface area contributed by atoms with Gasteiger partial charge < -0.3 is 0 Å². The van der Waals surface area contributed by atoms with E-state index >= 15 is 0 Å². The Hall–Kier alpha value is -2.83. The highest BCUT2D eigenvalue weighted by molar-refractivity contribution is 7.12. The fourth-order valence-corrected chi connectivity index (χ4v) is 4.20. The minimum Gasteiger partial charge on any atom is -0.271 e. The first-order valence-electron chi connectivity index (χ1n) is 7.51. The van der Waals surface area contributed by atoms with Crippen LogP contribution in [0.3, 0.4) is 0 Å². The van der Waals surface area contributed by atoms with Crippen LogP contribution in [0.1, 0.15) is 28.0 Å². The first kappa shape index (κ1) is 15.7. The number of hydrogen-bond donors (Lipinski definition) is 0. The number of carbonyl (C=O) groups excluding carboxylic acids is 1. The second kappa shape index (κ2) is 6.58. The first-order valence-corrected chi connectivity index (χ1v) is 9.27. The number of thiophene rings is 2. The van der Waals surface area contributed by atoms with E-state index < -0.39 is 0 Å². The van der Waals surface area contributed by atoms with E-state index in [4.69, 9.17) is 5.26 Å². The lowest BCUT2D eigenvalue weighted by Crippen LogP contribution is -2.30. The van der Waals surface area contributed by atoms with E-state index in [-0.39, 0.29) is 24.3 Å². The Morgan fingerprint density at radius 2 is 2.16 bits per heavy atom.